The summed E-state index contributed by atoms with van der Waals surface area (Å²) in [6, 6.07) is 12.1. The van der Waals surface area contributed by atoms with Crippen LogP contribution in [0.3, 0.4) is 0 Å². The number of nitrogens with zero attached hydrogens (tertiary/aromatic N) is 3. The minimum atomic E-state index is -2.24. The highest BCUT2D eigenvalue weighted by Crippen LogP contribution is 2.38. The van der Waals surface area contributed by atoms with Gasteiger partial charge in [-0.25, -0.2) is 4.98 Å². The zero-order valence-electron chi connectivity index (χ0n) is 13.5. The van der Waals surface area contributed by atoms with Crippen LogP contribution in [0.2, 0.25) is 0 Å². The molecule has 1 aliphatic rings. The second kappa shape index (κ2) is 3.46. The molecule has 4 heteroatoms. The Labute approximate surface area is 123 Å². The van der Waals surface area contributed by atoms with Crippen molar-refractivity contribution in [3.05, 3.63) is 48.2 Å². The van der Waals surface area contributed by atoms with Gasteiger partial charge in [0.05, 0.1) is 10.9 Å². The summed E-state index contributed by atoms with van der Waals surface area (Å²) in [5, 5.41) is 2.02. The smallest absolute Gasteiger partial charge is 0.272 e. The SMILES string of the molecule is [2H]C([2H])([2H])n1c2ncccc2c2c1sc1[n+]2Cc2ccccc2-1. The van der Waals surface area contributed by atoms with Gasteiger partial charge in [0.2, 0.25) is 0 Å². The van der Waals surface area contributed by atoms with Crippen molar-refractivity contribution in [1.29, 1.82) is 0 Å². The molecule has 0 spiro atoms. The fraction of sp³-hybridized carbons (Fsp3) is 0.125. The molecule has 0 aliphatic carbocycles. The number of hydrogen-bond acceptors (Lipinski definition) is 2. The molecule has 96 valence electrons. The van der Waals surface area contributed by atoms with Crippen molar-refractivity contribution in [3.8, 4) is 10.6 Å². The zero-order chi connectivity index (χ0) is 15.8. The van der Waals surface area contributed by atoms with E-state index in [1.54, 1.807) is 6.20 Å². The molecule has 20 heavy (non-hydrogen) atoms. The maximum absolute atomic E-state index is 7.91. The lowest BCUT2D eigenvalue weighted by molar-refractivity contribution is -0.641. The molecule has 4 aromatic rings. The third kappa shape index (κ3) is 1.11. The van der Waals surface area contributed by atoms with Gasteiger partial charge in [-0.15, -0.1) is 0 Å². The maximum Gasteiger partial charge on any atom is 0.272 e. The van der Waals surface area contributed by atoms with E-state index in [2.05, 4.69) is 21.7 Å². The van der Waals surface area contributed by atoms with Gasteiger partial charge in [0, 0.05) is 22.8 Å². The van der Waals surface area contributed by atoms with E-state index in [-0.39, 0.29) is 0 Å². The quantitative estimate of drug-likeness (QED) is 0.400. The van der Waals surface area contributed by atoms with Crippen molar-refractivity contribution < 1.29 is 8.68 Å². The molecule has 0 amide bonds. The molecule has 1 aliphatic heterocycles. The Hall–Kier alpha value is -2.20. The van der Waals surface area contributed by atoms with Crippen molar-refractivity contribution in [2.75, 3.05) is 0 Å². The monoisotopic (exact) mass is 281 g/mol. The number of aryl methyl sites for hydroxylation is 1. The highest BCUT2D eigenvalue weighted by molar-refractivity contribution is 7.21. The Morgan fingerprint density at radius 2 is 2.25 bits per heavy atom. The Morgan fingerprint density at radius 1 is 1.30 bits per heavy atom. The summed E-state index contributed by atoms with van der Waals surface area (Å²) < 4.78 is 27.3. The number of benzene rings is 1. The number of thiazole rings is 1. The molecule has 4 heterocycles. The number of rotatable bonds is 0. The van der Waals surface area contributed by atoms with E-state index in [9.17, 15) is 0 Å². The summed E-state index contributed by atoms with van der Waals surface area (Å²) >= 11 is 1.53. The lowest BCUT2D eigenvalue weighted by atomic mass is 10.1. The lowest BCUT2D eigenvalue weighted by Crippen LogP contribution is -2.30. The normalized spacial score (nSPS) is 15.9. The van der Waals surface area contributed by atoms with E-state index < -0.39 is 6.98 Å². The summed E-state index contributed by atoms with van der Waals surface area (Å²) in [6.45, 7) is -1.46. The van der Waals surface area contributed by atoms with Gasteiger partial charge in [-0.3, -0.25) is 0 Å². The van der Waals surface area contributed by atoms with Gasteiger partial charge < -0.3 is 4.57 Å². The first-order valence-corrected chi connectivity index (χ1v) is 7.28. The second-order valence-electron chi connectivity index (χ2n) is 5.01. The highest BCUT2D eigenvalue weighted by Gasteiger charge is 2.34. The lowest BCUT2D eigenvalue weighted by Gasteiger charge is -1.93. The van der Waals surface area contributed by atoms with Crippen LogP contribution in [0.25, 0.3) is 32.0 Å². The first-order chi connectivity index (χ1) is 11.1. The van der Waals surface area contributed by atoms with Crippen molar-refractivity contribution in [2.24, 2.45) is 6.98 Å². The average Bonchev–Trinajstić information content (AvgIpc) is 3.12. The van der Waals surface area contributed by atoms with Crippen LogP contribution in [0.4, 0.5) is 0 Å². The van der Waals surface area contributed by atoms with Crippen LogP contribution in [0.15, 0.2) is 42.6 Å². The molecule has 0 bridgehead atoms. The zero-order valence-corrected chi connectivity index (χ0v) is 11.3. The molecule has 3 nitrogen and oxygen atoms in total. The van der Waals surface area contributed by atoms with Crippen LogP contribution in [-0.2, 0) is 13.5 Å². The number of hydrogen-bond donors (Lipinski definition) is 0. The summed E-state index contributed by atoms with van der Waals surface area (Å²) in [5.74, 6) is 0. The van der Waals surface area contributed by atoms with E-state index in [1.165, 1.54) is 27.0 Å². The maximum atomic E-state index is 7.91. The third-order valence-corrected chi connectivity index (χ3v) is 5.15. The fourth-order valence-electron chi connectivity index (χ4n) is 3.07. The molecule has 0 radical (unpaired) electrons. The van der Waals surface area contributed by atoms with Crippen molar-refractivity contribution >= 4 is 32.7 Å². The molecular formula is C16H12N3S+. The standard InChI is InChI=1S/C16H12N3S/c1-18-14-12(7-4-8-17-14)13-16(18)20-15-11-6-3-2-5-10(11)9-19(13)15/h2-8H,9H2,1H3/q+1/i1D3. The van der Waals surface area contributed by atoms with E-state index in [1.807, 2.05) is 24.3 Å². The average molecular weight is 281 g/mol. The predicted molar refractivity (Wildman–Crippen MR) is 80.8 cm³/mol. The van der Waals surface area contributed by atoms with E-state index >= 15 is 0 Å². The topological polar surface area (TPSA) is 21.7 Å². The molecule has 0 saturated carbocycles. The van der Waals surface area contributed by atoms with Gasteiger partial charge in [-0.2, -0.15) is 4.57 Å². The summed E-state index contributed by atoms with van der Waals surface area (Å²) in [7, 11) is 0. The third-order valence-electron chi connectivity index (χ3n) is 3.94. The Bertz CT molecular complexity index is 1090. The van der Waals surface area contributed by atoms with E-state index in [0.29, 0.717) is 5.65 Å². The Kier molecular flexibility index (Phi) is 1.41. The van der Waals surface area contributed by atoms with Crippen molar-refractivity contribution in [3.63, 3.8) is 0 Å². The van der Waals surface area contributed by atoms with Crippen LogP contribution >= 0.6 is 11.3 Å². The van der Waals surface area contributed by atoms with Gasteiger partial charge in [-0.05, 0) is 29.5 Å². The van der Waals surface area contributed by atoms with Gasteiger partial charge >= 0.3 is 0 Å². The molecule has 1 aromatic carbocycles. The Morgan fingerprint density at radius 3 is 3.20 bits per heavy atom. The van der Waals surface area contributed by atoms with E-state index in [0.717, 1.165) is 27.3 Å². The van der Waals surface area contributed by atoms with Gasteiger partial charge in [0.25, 0.3) is 10.5 Å². The first kappa shape index (κ1) is 8.17. The molecule has 0 N–H and O–H groups in total. The number of aromatic nitrogens is 3. The molecule has 0 atom stereocenters. The Balaban J connectivity index is 1.96. The van der Waals surface area contributed by atoms with E-state index in [4.69, 9.17) is 4.11 Å². The van der Waals surface area contributed by atoms with Crippen LogP contribution in [0.5, 0.6) is 0 Å². The number of fused-ring (bicyclic) bond motifs is 7. The largest absolute Gasteiger partial charge is 0.315 e. The van der Waals surface area contributed by atoms with Crippen LogP contribution in [0, 0.1) is 0 Å². The predicted octanol–water partition coefficient (Wildman–Crippen LogP) is 3.10. The summed E-state index contributed by atoms with van der Waals surface area (Å²) in [6.07, 6.45) is 1.65. The molecular weight excluding hydrogens is 266 g/mol. The first-order valence-electron chi connectivity index (χ1n) is 7.96. The molecule has 5 rings (SSSR count). The van der Waals surface area contributed by atoms with Gasteiger partial charge in [0.1, 0.15) is 5.65 Å². The minimum Gasteiger partial charge on any atom is -0.315 e. The molecule has 0 unspecified atom stereocenters. The number of pyridine rings is 1. The summed E-state index contributed by atoms with van der Waals surface area (Å²) in [5.41, 5.74) is 3.97. The van der Waals surface area contributed by atoms with Gasteiger partial charge in [-0.1, -0.05) is 18.2 Å². The van der Waals surface area contributed by atoms with Crippen molar-refractivity contribution in [1.82, 2.24) is 9.55 Å². The van der Waals surface area contributed by atoms with Gasteiger partial charge in [0.15, 0.2) is 11.4 Å². The highest BCUT2D eigenvalue weighted by atomic mass is 32.1. The molecule has 3 aromatic heterocycles. The fourth-order valence-corrected chi connectivity index (χ4v) is 4.32. The summed E-state index contributed by atoms with van der Waals surface area (Å²) in [4.78, 5) is 5.09. The van der Waals surface area contributed by atoms with Crippen molar-refractivity contribution in [2.45, 2.75) is 6.54 Å². The van der Waals surface area contributed by atoms with Crippen LogP contribution < -0.4 is 4.57 Å². The minimum absolute atomic E-state index is 0.528. The van der Waals surface area contributed by atoms with Crippen LogP contribution in [-0.4, -0.2) is 9.55 Å². The van der Waals surface area contributed by atoms with Crippen LogP contribution in [0.1, 0.15) is 9.68 Å². The second-order valence-corrected chi connectivity index (χ2v) is 5.99. The molecule has 0 fully saturated rings. The molecule has 0 saturated heterocycles.